The van der Waals surface area contributed by atoms with E-state index < -0.39 is 49.2 Å². The number of hydrogen-bond donors (Lipinski definition) is 0. The van der Waals surface area contributed by atoms with E-state index >= 15 is 0 Å². The largest absolute Gasteiger partial charge is 0.421 e. The zero-order chi connectivity index (χ0) is 35.8. The van der Waals surface area contributed by atoms with Crippen LogP contribution in [-0.4, -0.2) is 66.6 Å². The van der Waals surface area contributed by atoms with Gasteiger partial charge in [-0.15, -0.1) is 0 Å². The van der Waals surface area contributed by atoms with Gasteiger partial charge in [-0.2, -0.15) is 0 Å². The number of hydrogen-bond acceptors (Lipinski definition) is 3. The standard InChI is InChI=1S/C35H84O3Si6/c1-30(39(9,10)11)34(7,32(3,4)37-41(15,16)17)25-27-43(21,22)29-36-44(23,24)28-26-35(8,31(2)40(12,13)14)33(5,6)38-42(18,19)20/h30-31H,25-29H2,1-24H3. The molecule has 0 aliphatic rings. The van der Waals surface area contributed by atoms with Crippen LogP contribution in [0.1, 0.15) is 68.2 Å². The van der Waals surface area contributed by atoms with E-state index in [0.717, 1.165) is 6.23 Å². The molecule has 266 valence electrons. The monoisotopic (exact) mass is 721 g/mol. The summed E-state index contributed by atoms with van der Waals surface area (Å²) in [6, 6.07) is 2.49. The molecule has 0 fully saturated rings. The number of rotatable bonds is 19. The Balaban J connectivity index is 5.98. The molecule has 0 heterocycles. The molecule has 0 aliphatic heterocycles. The fourth-order valence-corrected chi connectivity index (χ4v) is 21.5. The maximum Gasteiger partial charge on any atom is 0.186 e. The molecule has 0 saturated carbocycles. The van der Waals surface area contributed by atoms with Crippen molar-refractivity contribution in [3.05, 3.63) is 0 Å². The molecule has 0 aromatic heterocycles. The maximum absolute atomic E-state index is 7.09. The second kappa shape index (κ2) is 14.6. The van der Waals surface area contributed by atoms with Crippen molar-refractivity contribution in [2.24, 2.45) is 10.8 Å². The van der Waals surface area contributed by atoms with Gasteiger partial charge in [0.05, 0.1) is 19.3 Å². The van der Waals surface area contributed by atoms with Gasteiger partial charge in [0.15, 0.2) is 25.0 Å². The Hall–Kier alpha value is 1.18. The molecule has 0 aromatic carbocycles. The summed E-state index contributed by atoms with van der Waals surface area (Å²) >= 11 is 0. The van der Waals surface area contributed by atoms with Crippen molar-refractivity contribution in [2.45, 2.75) is 207 Å². The second-order valence-corrected chi connectivity index (χ2v) is 51.2. The minimum Gasteiger partial charge on any atom is -0.421 e. The van der Waals surface area contributed by atoms with Crippen LogP contribution in [-0.2, 0) is 13.3 Å². The van der Waals surface area contributed by atoms with Gasteiger partial charge in [0.25, 0.3) is 0 Å². The average Bonchev–Trinajstić information content (AvgIpc) is 2.74. The van der Waals surface area contributed by atoms with Crippen LogP contribution in [0.4, 0.5) is 0 Å². The van der Waals surface area contributed by atoms with E-state index in [1.165, 1.54) is 24.9 Å². The van der Waals surface area contributed by atoms with Crippen LogP contribution in [0.25, 0.3) is 0 Å². The predicted molar refractivity (Wildman–Crippen MR) is 219 cm³/mol. The molecule has 0 amide bonds. The van der Waals surface area contributed by atoms with Gasteiger partial charge < -0.3 is 13.3 Å². The molecular formula is C35H84O3Si6. The Morgan fingerprint density at radius 3 is 1.05 bits per heavy atom. The zero-order valence-corrected chi connectivity index (χ0v) is 40.9. The first-order chi connectivity index (χ1) is 18.8. The molecule has 0 aliphatic carbocycles. The third-order valence-electron chi connectivity index (χ3n) is 11.8. The third kappa shape index (κ3) is 13.2. The molecule has 0 saturated heterocycles. The van der Waals surface area contributed by atoms with E-state index in [1.807, 2.05) is 0 Å². The fourth-order valence-electron chi connectivity index (χ4n) is 7.45. The van der Waals surface area contributed by atoms with Crippen LogP contribution in [0.15, 0.2) is 0 Å². The predicted octanol–water partition coefficient (Wildman–Crippen LogP) is 13.0. The van der Waals surface area contributed by atoms with Crippen molar-refractivity contribution in [3.8, 4) is 0 Å². The first-order valence-electron chi connectivity index (χ1n) is 17.9. The normalized spacial score (nSPS) is 19.4. The highest BCUT2D eigenvalue weighted by Crippen LogP contribution is 2.54. The molecule has 0 N–H and O–H groups in total. The van der Waals surface area contributed by atoms with Gasteiger partial charge in [0.2, 0.25) is 0 Å². The summed E-state index contributed by atoms with van der Waals surface area (Å²) in [6.45, 7) is 59.2. The van der Waals surface area contributed by atoms with Crippen molar-refractivity contribution in [1.29, 1.82) is 0 Å². The summed E-state index contributed by atoms with van der Waals surface area (Å²) in [5.41, 5.74) is 1.30. The lowest BCUT2D eigenvalue weighted by molar-refractivity contribution is -0.0357. The van der Waals surface area contributed by atoms with E-state index in [-0.39, 0.29) is 22.0 Å². The van der Waals surface area contributed by atoms with Crippen molar-refractivity contribution < 1.29 is 13.3 Å². The van der Waals surface area contributed by atoms with Gasteiger partial charge in [-0.25, -0.2) is 0 Å². The topological polar surface area (TPSA) is 27.7 Å². The van der Waals surface area contributed by atoms with Gasteiger partial charge in [-0.3, -0.25) is 0 Å². The molecule has 4 unspecified atom stereocenters. The molecule has 0 rings (SSSR count). The molecule has 9 heteroatoms. The van der Waals surface area contributed by atoms with Crippen LogP contribution >= 0.6 is 0 Å². The van der Waals surface area contributed by atoms with E-state index in [9.17, 15) is 0 Å². The summed E-state index contributed by atoms with van der Waals surface area (Å²) in [5, 5.41) is 0. The van der Waals surface area contributed by atoms with Crippen LogP contribution in [0.5, 0.6) is 0 Å². The highest BCUT2D eigenvalue weighted by atomic mass is 28.4. The molecule has 0 bridgehead atoms. The second-order valence-electron chi connectivity index (χ2n) is 21.7. The molecule has 44 heavy (non-hydrogen) atoms. The lowest BCUT2D eigenvalue weighted by atomic mass is 9.71. The molecule has 0 aromatic rings. The van der Waals surface area contributed by atoms with Crippen molar-refractivity contribution >= 4 is 49.2 Å². The van der Waals surface area contributed by atoms with Crippen molar-refractivity contribution in [2.75, 3.05) is 6.23 Å². The first-order valence-corrected chi connectivity index (χ1v) is 38.4. The molecular weight excluding hydrogens is 637 g/mol. The average molecular weight is 722 g/mol. The quantitative estimate of drug-likeness (QED) is 0.124. The van der Waals surface area contributed by atoms with E-state index in [4.69, 9.17) is 13.3 Å². The Morgan fingerprint density at radius 2 is 0.773 bits per heavy atom. The summed E-state index contributed by atoms with van der Waals surface area (Å²) in [4.78, 5) is 0. The molecule has 4 atom stereocenters. The molecule has 0 spiro atoms. The smallest absolute Gasteiger partial charge is 0.186 e. The minimum atomic E-state index is -1.87. The lowest BCUT2D eigenvalue weighted by Gasteiger charge is -2.55. The molecule has 0 radical (unpaired) electrons. The Labute approximate surface area is 285 Å². The highest BCUT2D eigenvalue weighted by Gasteiger charge is 2.53. The summed E-state index contributed by atoms with van der Waals surface area (Å²) in [5.74, 6) is 0. The Kier molecular flexibility index (Phi) is 15.0. The fraction of sp³-hybridized carbons (Fsp3) is 1.00. The molecule has 3 nitrogen and oxygen atoms in total. The summed E-state index contributed by atoms with van der Waals surface area (Å²) in [7, 11) is -9.63. The van der Waals surface area contributed by atoms with Crippen LogP contribution in [0.2, 0.25) is 128 Å². The first kappa shape index (κ1) is 45.2. The third-order valence-corrected chi connectivity index (χ3v) is 25.7. The van der Waals surface area contributed by atoms with Gasteiger partial charge >= 0.3 is 0 Å². The lowest BCUT2D eigenvalue weighted by Crippen LogP contribution is -2.56. The van der Waals surface area contributed by atoms with E-state index in [0.29, 0.717) is 11.1 Å². The zero-order valence-electron chi connectivity index (χ0n) is 34.9. The van der Waals surface area contributed by atoms with E-state index in [1.54, 1.807) is 0 Å². The summed E-state index contributed by atoms with van der Waals surface area (Å²) in [6.07, 6.45) is 3.40. The Bertz CT molecular complexity index is 831. The SMILES string of the molecule is CC(C(C)(CC[Si](C)(C)CO[Si](C)(C)CCC(C)(C(C)[Si](C)(C)C)C(C)(C)O[Si](C)(C)C)C(C)(C)O[Si](C)(C)C)[Si](C)(C)C. The Morgan fingerprint density at radius 1 is 0.477 bits per heavy atom. The van der Waals surface area contributed by atoms with Gasteiger partial charge in [-0.1, -0.05) is 86.1 Å². The maximum atomic E-state index is 7.09. The van der Waals surface area contributed by atoms with Gasteiger partial charge in [0, 0.05) is 22.4 Å². The van der Waals surface area contributed by atoms with E-state index in [2.05, 4.69) is 160 Å². The van der Waals surface area contributed by atoms with Crippen molar-refractivity contribution in [3.63, 3.8) is 0 Å². The minimum absolute atomic E-state index is 0.120. The van der Waals surface area contributed by atoms with Gasteiger partial charge in [0.1, 0.15) is 0 Å². The van der Waals surface area contributed by atoms with Crippen molar-refractivity contribution in [1.82, 2.24) is 0 Å². The van der Waals surface area contributed by atoms with Crippen LogP contribution in [0, 0.1) is 10.8 Å². The van der Waals surface area contributed by atoms with Gasteiger partial charge in [-0.05, 0) is 121 Å². The highest BCUT2D eigenvalue weighted by molar-refractivity contribution is 6.80. The van der Waals surface area contributed by atoms with Crippen LogP contribution < -0.4 is 0 Å². The summed E-state index contributed by atoms with van der Waals surface area (Å²) < 4.78 is 21.1. The van der Waals surface area contributed by atoms with Crippen LogP contribution in [0.3, 0.4) is 0 Å².